The average Bonchev–Trinajstić information content (AvgIpc) is 1.96. The summed E-state index contributed by atoms with van der Waals surface area (Å²) in [6.07, 6.45) is -1.73. The van der Waals surface area contributed by atoms with Gasteiger partial charge in [0.05, 0.1) is 0 Å². The number of aliphatic hydroxyl groups excluding tert-OH is 1. The Kier molecular flexibility index (Phi) is 3.15. The largest absolute Gasteiger partial charge is 0.465 e. The van der Waals surface area contributed by atoms with Gasteiger partial charge in [0.2, 0.25) is 5.92 Å². The molecular formula is C10H17F2NO3. The first-order chi connectivity index (χ1) is 7.10. The number of halogens is 2. The van der Waals surface area contributed by atoms with Gasteiger partial charge in [0.1, 0.15) is 0 Å². The van der Waals surface area contributed by atoms with Gasteiger partial charge in [0.15, 0.2) is 0 Å². The second-order valence-electron chi connectivity index (χ2n) is 5.36. The third-order valence-corrected chi connectivity index (χ3v) is 2.86. The van der Waals surface area contributed by atoms with Crippen LogP contribution in [0.25, 0.3) is 0 Å². The highest BCUT2D eigenvalue weighted by atomic mass is 19.3. The Morgan fingerprint density at radius 1 is 1.44 bits per heavy atom. The third kappa shape index (κ3) is 3.04. The molecule has 1 aliphatic carbocycles. The van der Waals surface area contributed by atoms with E-state index in [1.807, 2.05) is 0 Å². The van der Waals surface area contributed by atoms with Gasteiger partial charge in [-0.3, -0.25) is 0 Å². The fourth-order valence-corrected chi connectivity index (χ4v) is 2.61. The van der Waals surface area contributed by atoms with Crippen molar-refractivity contribution in [3.8, 4) is 0 Å². The van der Waals surface area contributed by atoms with E-state index in [-0.39, 0.29) is 25.9 Å². The number of carbonyl (C=O) groups is 1. The van der Waals surface area contributed by atoms with Gasteiger partial charge in [0.25, 0.3) is 0 Å². The van der Waals surface area contributed by atoms with Gasteiger partial charge >= 0.3 is 6.09 Å². The summed E-state index contributed by atoms with van der Waals surface area (Å²) >= 11 is 0. The Morgan fingerprint density at radius 3 is 2.25 bits per heavy atom. The van der Waals surface area contributed by atoms with Crippen molar-refractivity contribution in [2.75, 3.05) is 6.61 Å². The number of nitrogens with one attached hydrogen (secondary N) is 1. The van der Waals surface area contributed by atoms with E-state index in [0.717, 1.165) is 0 Å². The molecular weight excluding hydrogens is 220 g/mol. The molecule has 3 N–H and O–H groups in total. The van der Waals surface area contributed by atoms with E-state index in [1.165, 1.54) is 0 Å². The zero-order valence-electron chi connectivity index (χ0n) is 9.39. The third-order valence-electron chi connectivity index (χ3n) is 2.86. The lowest BCUT2D eigenvalue weighted by Gasteiger charge is -2.49. The Bertz CT molecular complexity index is 284. The molecule has 0 aliphatic heterocycles. The highest BCUT2D eigenvalue weighted by molar-refractivity contribution is 5.65. The molecule has 0 saturated heterocycles. The molecule has 0 spiro atoms. The van der Waals surface area contributed by atoms with Gasteiger partial charge in [0, 0.05) is 30.4 Å². The molecule has 4 nitrogen and oxygen atoms in total. The van der Waals surface area contributed by atoms with Gasteiger partial charge in [-0.2, -0.15) is 0 Å². The van der Waals surface area contributed by atoms with Crippen LogP contribution >= 0.6 is 0 Å². The summed E-state index contributed by atoms with van der Waals surface area (Å²) in [6.45, 7) is 2.90. The molecule has 0 atom stereocenters. The van der Waals surface area contributed by atoms with Gasteiger partial charge in [-0.15, -0.1) is 0 Å². The van der Waals surface area contributed by atoms with E-state index in [4.69, 9.17) is 10.2 Å². The normalized spacial score (nSPS) is 22.3. The molecule has 0 heterocycles. The maximum atomic E-state index is 12.8. The number of amides is 1. The van der Waals surface area contributed by atoms with Crippen LogP contribution in [0.4, 0.5) is 13.6 Å². The maximum Gasteiger partial charge on any atom is 0.405 e. The lowest BCUT2D eigenvalue weighted by atomic mass is 9.61. The van der Waals surface area contributed by atoms with E-state index in [2.05, 4.69) is 5.32 Å². The molecule has 0 unspecified atom stereocenters. The van der Waals surface area contributed by atoms with Crippen LogP contribution in [-0.2, 0) is 0 Å². The zero-order chi connectivity index (χ0) is 12.6. The molecule has 0 aromatic carbocycles. The average molecular weight is 237 g/mol. The maximum absolute atomic E-state index is 12.8. The minimum atomic E-state index is -2.72. The van der Waals surface area contributed by atoms with Gasteiger partial charge in [-0.05, 0) is 20.3 Å². The Hall–Kier alpha value is -0.910. The monoisotopic (exact) mass is 237 g/mol. The lowest BCUT2D eigenvalue weighted by Crippen LogP contribution is -2.55. The van der Waals surface area contributed by atoms with E-state index in [0.29, 0.717) is 0 Å². The van der Waals surface area contributed by atoms with Crippen molar-refractivity contribution < 1.29 is 23.8 Å². The van der Waals surface area contributed by atoms with Crippen molar-refractivity contribution in [3.63, 3.8) is 0 Å². The molecule has 0 radical (unpaired) electrons. The molecule has 6 heteroatoms. The Labute approximate surface area is 92.6 Å². The predicted octanol–water partition coefficient (Wildman–Crippen LogP) is 1.83. The van der Waals surface area contributed by atoms with E-state index < -0.39 is 23.0 Å². The van der Waals surface area contributed by atoms with Crippen LogP contribution in [0.5, 0.6) is 0 Å². The fourth-order valence-electron chi connectivity index (χ4n) is 2.61. The number of hydrogen-bond acceptors (Lipinski definition) is 2. The van der Waals surface area contributed by atoms with Crippen molar-refractivity contribution in [1.29, 1.82) is 0 Å². The van der Waals surface area contributed by atoms with Crippen molar-refractivity contribution in [3.05, 3.63) is 0 Å². The summed E-state index contributed by atoms with van der Waals surface area (Å²) in [5.74, 6) is -2.72. The standard InChI is InChI=1S/C10H17F2NO3/c1-8(2,13-7(15)16)3-9(6-14)4-10(11,12)5-9/h13-14H,3-6H2,1-2H3,(H,15,16). The Balaban J connectivity index is 2.61. The molecule has 1 rings (SSSR count). The van der Waals surface area contributed by atoms with Crippen molar-refractivity contribution in [1.82, 2.24) is 5.32 Å². The number of aliphatic hydroxyl groups is 1. The molecule has 1 fully saturated rings. The van der Waals surface area contributed by atoms with Crippen LogP contribution in [0.1, 0.15) is 33.1 Å². The predicted molar refractivity (Wildman–Crippen MR) is 53.6 cm³/mol. The summed E-state index contributed by atoms with van der Waals surface area (Å²) in [6, 6.07) is 0. The quantitative estimate of drug-likeness (QED) is 0.698. The summed E-state index contributed by atoms with van der Waals surface area (Å²) in [4.78, 5) is 10.5. The van der Waals surface area contributed by atoms with Crippen LogP contribution in [0.2, 0.25) is 0 Å². The lowest BCUT2D eigenvalue weighted by molar-refractivity contribution is -0.184. The van der Waals surface area contributed by atoms with Crippen LogP contribution in [0.3, 0.4) is 0 Å². The second kappa shape index (κ2) is 3.84. The Morgan fingerprint density at radius 2 is 1.94 bits per heavy atom. The van der Waals surface area contributed by atoms with Gasteiger partial charge in [-0.1, -0.05) is 0 Å². The molecule has 0 bridgehead atoms. The molecule has 16 heavy (non-hydrogen) atoms. The molecule has 0 aromatic rings. The van der Waals surface area contributed by atoms with Gasteiger partial charge in [-0.25, -0.2) is 13.6 Å². The zero-order valence-corrected chi connectivity index (χ0v) is 9.39. The fraction of sp³-hybridized carbons (Fsp3) is 0.900. The number of hydrogen-bond donors (Lipinski definition) is 3. The van der Waals surface area contributed by atoms with Crippen LogP contribution < -0.4 is 5.32 Å². The summed E-state index contributed by atoms with van der Waals surface area (Å²) in [7, 11) is 0. The van der Waals surface area contributed by atoms with E-state index in [9.17, 15) is 13.6 Å². The second-order valence-corrected chi connectivity index (χ2v) is 5.36. The first kappa shape index (κ1) is 13.2. The summed E-state index contributed by atoms with van der Waals surface area (Å²) in [5, 5.41) is 20.0. The first-order valence-corrected chi connectivity index (χ1v) is 5.10. The smallest absolute Gasteiger partial charge is 0.405 e. The van der Waals surface area contributed by atoms with E-state index in [1.54, 1.807) is 13.8 Å². The van der Waals surface area contributed by atoms with Crippen molar-refractivity contribution in [2.45, 2.75) is 44.6 Å². The topological polar surface area (TPSA) is 69.6 Å². The SMILES string of the molecule is CC(C)(CC1(CO)CC(F)(F)C1)NC(=O)O. The van der Waals surface area contributed by atoms with Crippen molar-refractivity contribution >= 4 is 6.09 Å². The molecule has 1 aliphatic rings. The number of alkyl halides is 2. The summed E-state index contributed by atoms with van der Waals surface area (Å²) < 4.78 is 25.6. The minimum absolute atomic E-state index is 0.207. The number of carboxylic acid groups (broad SMARTS) is 1. The molecule has 1 amide bonds. The van der Waals surface area contributed by atoms with E-state index >= 15 is 0 Å². The van der Waals surface area contributed by atoms with Crippen LogP contribution in [0.15, 0.2) is 0 Å². The minimum Gasteiger partial charge on any atom is -0.465 e. The highest BCUT2D eigenvalue weighted by Gasteiger charge is 2.57. The molecule has 1 saturated carbocycles. The highest BCUT2D eigenvalue weighted by Crippen LogP contribution is 2.55. The number of rotatable bonds is 4. The summed E-state index contributed by atoms with van der Waals surface area (Å²) in [5.41, 5.74) is -1.67. The van der Waals surface area contributed by atoms with Crippen LogP contribution in [0, 0.1) is 5.41 Å². The molecule has 94 valence electrons. The first-order valence-electron chi connectivity index (χ1n) is 5.10. The van der Waals surface area contributed by atoms with Gasteiger partial charge < -0.3 is 15.5 Å². The molecule has 0 aromatic heterocycles. The van der Waals surface area contributed by atoms with Crippen molar-refractivity contribution in [2.24, 2.45) is 5.41 Å². The van der Waals surface area contributed by atoms with Crippen LogP contribution in [-0.4, -0.2) is 34.4 Å².